The Labute approximate surface area is 369 Å². The lowest BCUT2D eigenvalue weighted by atomic mass is 9.68. The molecule has 9 aromatic carbocycles. The van der Waals surface area contributed by atoms with Gasteiger partial charge in [0, 0.05) is 39.2 Å². The molecule has 9 aromatic rings. The van der Waals surface area contributed by atoms with Crippen LogP contribution in [0, 0.1) is 5.41 Å². The highest BCUT2D eigenvalue weighted by atomic mass is 15.1. The molecule has 2 aliphatic rings. The van der Waals surface area contributed by atoms with Gasteiger partial charge in [-0.05, 0) is 69.3 Å². The van der Waals surface area contributed by atoms with Crippen LogP contribution in [0.5, 0.6) is 0 Å². The van der Waals surface area contributed by atoms with E-state index in [-0.39, 0.29) is 0 Å². The number of nitrogens with one attached hydrogen (secondary N) is 2. The Morgan fingerprint density at radius 3 is 1.57 bits per heavy atom. The third kappa shape index (κ3) is 6.33. The quantitative estimate of drug-likeness (QED) is 0.143. The minimum absolute atomic E-state index is 0.450. The average Bonchev–Trinajstić information content (AvgIpc) is 3.67. The van der Waals surface area contributed by atoms with Gasteiger partial charge in [0.2, 0.25) is 0 Å². The van der Waals surface area contributed by atoms with Crippen molar-refractivity contribution in [2.24, 2.45) is 0 Å². The van der Waals surface area contributed by atoms with E-state index in [2.05, 4.69) is 223 Å². The number of hydrogen-bond acceptors (Lipinski definition) is 3. The summed E-state index contributed by atoms with van der Waals surface area (Å²) in [6, 6.07) is 86.1. The molecule has 0 radical (unpaired) electrons. The van der Waals surface area contributed by atoms with Crippen molar-refractivity contribution in [1.82, 2.24) is 5.32 Å². The lowest BCUT2D eigenvalue weighted by Gasteiger charge is -2.35. The van der Waals surface area contributed by atoms with Crippen molar-refractivity contribution >= 4 is 45.8 Å². The van der Waals surface area contributed by atoms with Crippen LogP contribution in [-0.4, -0.2) is 5.71 Å². The van der Waals surface area contributed by atoms with Crippen LogP contribution in [0.15, 0.2) is 243 Å². The van der Waals surface area contributed by atoms with Gasteiger partial charge in [0.05, 0.1) is 28.2 Å². The Morgan fingerprint density at radius 2 is 0.921 bits per heavy atom. The second kappa shape index (κ2) is 16.0. The molecule has 3 heteroatoms. The number of rotatable bonds is 9. The fraction of sp³-hybridized carbons (Fsp3) is 0.0167. The third-order valence-electron chi connectivity index (χ3n) is 12.6. The Hall–Kier alpha value is -8.27. The molecule has 63 heavy (non-hydrogen) atoms. The second-order valence-corrected chi connectivity index (χ2v) is 16.0. The summed E-state index contributed by atoms with van der Waals surface area (Å²) in [5, 5.41) is 13.8. The van der Waals surface area contributed by atoms with E-state index in [1.54, 1.807) is 0 Å². The van der Waals surface area contributed by atoms with Gasteiger partial charge in [-0.15, -0.1) is 0 Å². The van der Waals surface area contributed by atoms with Crippen LogP contribution in [-0.2, 0) is 5.41 Å². The molecule has 0 unspecified atom stereocenters. The van der Waals surface area contributed by atoms with E-state index < -0.39 is 5.41 Å². The van der Waals surface area contributed by atoms with Gasteiger partial charge >= 0.3 is 0 Å². The summed E-state index contributed by atoms with van der Waals surface area (Å²) in [4.78, 5) is 2.45. The Morgan fingerprint density at radius 1 is 0.429 bits per heavy atom. The van der Waals surface area contributed by atoms with Crippen molar-refractivity contribution in [2.45, 2.75) is 5.41 Å². The van der Waals surface area contributed by atoms with Crippen LogP contribution < -0.4 is 10.2 Å². The summed E-state index contributed by atoms with van der Waals surface area (Å²) in [7, 11) is 0. The van der Waals surface area contributed by atoms with Gasteiger partial charge in [0.15, 0.2) is 0 Å². The van der Waals surface area contributed by atoms with E-state index in [9.17, 15) is 5.41 Å². The molecule has 2 N–H and O–H groups in total. The second-order valence-electron chi connectivity index (χ2n) is 16.0. The minimum Gasteiger partial charge on any atom is -0.354 e. The molecule has 298 valence electrons. The molecule has 0 atom stereocenters. The van der Waals surface area contributed by atoms with E-state index in [1.165, 1.54) is 33.4 Å². The van der Waals surface area contributed by atoms with Gasteiger partial charge in [-0.2, -0.15) is 0 Å². The summed E-state index contributed by atoms with van der Waals surface area (Å²) in [5.74, 6) is 0. The van der Waals surface area contributed by atoms with Crippen LogP contribution >= 0.6 is 0 Å². The number of hydrogen-bond donors (Lipinski definition) is 2. The van der Waals surface area contributed by atoms with Crippen LogP contribution in [0.4, 0.5) is 17.1 Å². The Balaban J connectivity index is 1.22. The van der Waals surface area contributed by atoms with Gasteiger partial charge in [-0.1, -0.05) is 218 Å². The van der Waals surface area contributed by atoms with Crippen molar-refractivity contribution in [2.75, 3.05) is 4.90 Å². The van der Waals surface area contributed by atoms with Crippen LogP contribution in [0.25, 0.3) is 34.2 Å². The number of nitrogens with zero attached hydrogens (tertiary/aromatic N) is 1. The third-order valence-corrected chi connectivity index (χ3v) is 12.6. The molecular formula is C60H43N3. The van der Waals surface area contributed by atoms with E-state index in [1.807, 2.05) is 36.4 Å². The topological polar surface area (TPSA) is 39.1 Å². The monoisotopic (exact) mass is 805 g/mol. The molecular weight excluding hydrogens is 763 g/mol. The zero-order chi connectivity index (χ0) is 42.2. The first-order chi connectivity index (χ1) is 31.2. The van der Waals surface area contributed by atoms with Gasteiger partial charge in [0.25, 0.3) is 0 Å². The van der Waals surface area contributed by atoms with Crippen LogP contribution in [0.3, 0.4) is 0 Å². The summed E-state index contributed by atoms with van der Waals surface area (Å²) < 4.78 is 0. The van der Waals surface area contributed by atoms with E-state index >= 15 is 0 Å². The summed E-state index contributed by atoms with van der Waals surface area (Å²) in [6.45, 7) is 0. The van der Waals surface area contributed by atoms with Gasteiger partial charge in [0.1, 0.15) is 0 Å². The molecule has 0 saturated heterocycles. The zero-order valence-electron chi connectivity index (χ0n) is 34.6. The first kappa shape index (κ1) is 37.7. The lowest BCUT2D eigenvalue weighted by Crippen LogP contribution is -2.28. The fourth-order valence-corrected chi connectivity index (χ4v) is 9.88. The first-order valence-corrected chi connectivity index (χ1v) is 21.5. The highest BCUT2D eigenvalue weighted by Gasteiger charge is 2.47. The minimum atomic E-state index is -0.550. The molecule has 1 aliphatic heterocycles. The molecule has 0 amide bonds. The Kier molecular flexibility index (Phi) is 9.56. The highest BCUT2D eigenvalue weighted by molar-refractivity contribution is 6.36. The smallest absolute Gasteiger partial charge is 0.0714 e. The number of anilines is 3. The van der Waals surface area contributed by atoms with Gasteiger partial charge in [-0.25, -0.2) is 0 Å². The number of allylic oxidation sites excluding steroid dienone is 1. The highest BCUT2D eigenvalue weighted by Crippen LogP contribution is 2.60. The fourth-order valence-electron chi connectivity index (χ4n) is 9.88. The van der Waals surface area contributed by atoms with Crippen molar-refractivity contribution in [3.05, 3.63) is 293 Å². The SMILES string of the molecule is N=C(/C(=C1\NC(c2ccccc2)=Cc2c1cccc2N(c1ccccc1)c1cccc2c1-c1ccccc1C2(c1ccccc1)c1ccccc1)c1ccccc1)c1ccccc1. The Bertz CT molecular complexity index is 3140. The largest absolute Gasteiger partial charge is 0.354 e. The first-order valence-electron chi connectivity index (χ1n) is 21.5. The predicted octanol–water partition coefficient (Wildman–Crippen LogP) is 14.6. The van der Waals surface area contributed by atoms with Crippen LogP contribution in [0.2, 0.25) is 0 Å². The number of para-hydroxylation sites is 1. The molecule has 3 nitrogen and oxygen atoms in total. The standard InChI is InChI=1S/C60H43N3/c61-58(44-27-11-3-12-28-44)56(43-25-9-2-10-26-43)59-48-36-21-39-54(50(48)41-53(62-59)42-23-7-1-8-24-42)63(47-33-17-6-18-34-47)55-40-22-38-52-57(55)49-35-19-20-37-51(49)60(52,45-29-13-4-14-30-45)46-31-15-5-16-32-46/h1-41,61-62H/b59-56-,61-58?. The molecule has 0 bridgehead atoms. The molecule has 1 heterocycles. The summed E-state index contributed by atoms with van der Waals surface area (Å²) in [5.41, 5.74) is 18.1. The molecule has 11 rings (SSSR count). The van der Waals surface area contributed by atoms with Crippen LogP contribution in [0.1, 0.15) is 50.1 Å². The molecule has 0 saturated carbocycles. The maximum absolute atomic E-state index is 9.88. The summed E-state index contributed by atoms with van der Waals surface area (Å²) >= 11 is 0. The average molecular weight is 806 g/mol. The molecule has 0 aromatic heterocycles. The van der Waals surface area contributed by atoms with Crippen molar-refractivity contribution in [1.29, 1.82) is 5.41 Å². The maximum atomic E-state index is 9.88. The van der Waals surface area contributed by atoms with Gasteiger partial charge in [-0.3, -0.25) is 5.41 Å². The molecule has 0 fully saturated rings. The number of benzene rings is 9. The van der Waals surface area contributed by atoms with Crippen molar-refractivity contribution in [3.8, 4) is 11.1 Å². The van der Waals surface area contributed by atoms with Crippen molar-refractivity contribution in [3.63, 3.8) is 0 Å². The van der Waals surface area contributed by atoms with E-state index in [0.717, 1.165) is 61.8 Å². The number of fused-ring (bicyclic) bond motifs is 4. The zero-order valence-corrected chi connectivity index (χ0v) is 34.6. The normalized spacial score (nSPS) is 14.0. The lowest BCUT2D eigenvalue weighted by molar-refractivity contribution is 0.768. The molecule has 1 aliphatic carbocycles. The van der Waals surface area contributed by atoms with E-state index in [4.69, 9.17) is 0 Å². The maximum Gasteiger partial charge on any atom is 0.0714 e. The van der Waals surface area contributed by atoms with E-state index in [0.29, 0.717) is 5.71 Å². The summed E-state index contributed by atoms with van der Waals surface area (Å²) in [6.07, 6.45) is 2.30. The van der Waals surface area contributed by atoms with Gasteiger partial charge < -0.3 is 10.2 Å². The predicted molar refractivity (Wildman–Crippen MR) is 262 cm³/mol. The molecule has 0 spiro atoms. The van der Waals surface area contributed by atoms with Crippen molar-refractivity contribution < 1.29 is 0 Å².